The zero-order valence-electron chi connectivity index (χ0n) is 18.9. The number of hydrogen-bond acceptors (Lipinski definition) is 4. The van der Waals surface area contributed by atoms with Crippen molar-refractivity contribution < 1.29 is 23.0 Å². The maximum absolute atomic E-state index is 13.9. The van der Waals surface area contributed by atoms with Gasteiger partial charge in [-0.2, -0.15) is 5.26 Å². The summed E-state index contributed by atoms with van der Waals surface area (Å²) in [7, 11) is 0. The van der Waals surface area contributed by atoms with Crippen LogP contribution in [-0.2, 0) is 9.53 Å². The van der Waals surface area contributed by atoms with Gasteiger partial charge in [-0.25, -0.2) is 13.6 Å². The van der Waals surface area contributed by atoms with Crippen LogP contribution in [0.5, 0.6) is 5.75 Å². The smallest absolute Gasteiger partial charge is 0.333 e. The Balaban J connectivity index is 1.68. The molecule has 2 rings (SSSR count). The Labute approximate surface area is 194 Å². The summed E-state index contributed by atoms with van der Waals surface area (Å²) < 4.78 is 37.7. The van der Waals surface area contributed by atoms with Gasteiger partial charge in [0.1, 0.15) is 17.4 Å². The lowest BCUT2D eigenvalue weighted by molar-refractivity contribution is -0.139. The summed E-state index contributed by atoms with van der Waals surface area (Å²) in [4.78, 5) is 11.3. The van der Waals surface area contributed by atoms with E-state index in [2.05, 4.69) is 12.6 Å². The van der Waals surface area contributed by atoms with Gasteiger partial charge in [-0.05, 0) is 67.8 Å². The molecular weight excluding hydrogens is 424 g/mol. The fourth-order valence-corrected chi connectivity index (χ4v) is 3.07. The third-order valence-corrected chi connectivity index (χ3v) is 4.94. The lowest BCUT2D eigenvalue weighted by atomic mass is 10.0. The highest BCUT2D eigenvalue weighted by molar-refractivity contribution is 5.89. The minimum atomic E-state index is -0.714. The predicted octanol–water partition coefficient (Wildman–Crippen LogP) is 6.87. The number of halogens is 2. The molecule has 0 N–H and O–H groups in total. The van der Waals surface area contributed by atoms with Gasteiger partial charge in [0.05, 0.1) is 24.9 Å². The highest BCUT2D eigenvalue weighted by Gasteiger charge is 2.06. The van der Waals surface area contributed by atoms with E-state index in [0.717, 1.165) is 50.7 Å². The highest BCUT2D eigenvalue weighted by Crippen LogP contribution is 2.22. The van der Waals surface area contributed by atoms with Crippen LogP contribution in [0.4, 0.5) is 8.78 Å². The molecule has 6 heteroatoms. The van der Waals surface area contributed by atoms with E-state index in [4.69, 9.17) is 9.47 Å². The normalized spacial score (nSPS) is 11.0. The largest absolute Gasteiger partial charge is 0.494 e. The number of rotatable bonds is 13. The van der Waals surface area contributed by atoms with Gasteiger partial charge >= 0.3 is 5.97 Å². The first kappa shape index (κ1) is 25.8. The van der Waals surface area contributed by atoms with Crippen molar-refractivity contribution in [2.45, 2.75) is 45.4 Å². The molecule has 0 aliphatic rings. The molecule has 0 unspecified atom stereocenters. The molecule has 0 radical (unpaired) electrons. The Morgan fingerprint density at radius 3 is 2.24 bits per heavy atom. The zero-order valence-corrected chi connectivity index (χ0v) is 18.9. The monoisotopic (exact) mass is 453 g/mol. The van der Waals surface area contributed by atoms with Gasteiger partial charge in [0.15, 0.2) is 0 Å². The van der Waals surface area contributed by atoms with Crippen molar-refractivity contribution >= 4 is 17.6 Å². The number of nitrogens with zero attached hydrogens (tertiary/aromatic N) is 1. The Kier molecular flexibility index (Phi) is 10.8. The van der Waals surface area contributed by atoms with E-state index >= 15 is 0 Å². The van der Waals surface area contributed by atoms with Crippen molar-refractivity contribution in [2.24, 2.45) is 0 Å². The van der Waals surface area contributed by atoms with Gasteiger partial charge in [0.25, 0.3) is 0 Å². The molecule has 2 aromatic rings. The van der Waals surface area contributed by atoms with Gasteiger partial charge < -0.3 is 9.47 Å². The van der Waals surface area contributed by atoms with E-state index in [1.165, 1.54) is 12.1 Å². The maximum atomic E-state index is 13.9. The summed E-state index contributed by atoms with van der Waals surface area (Å²) in [5.41, 5.74) is 1.48. The average Bonchev–Trinajstić information content (AvgIpc) is 2.80. The summed E-state index contributed by atoms with van der Waals surface area (Å²) in [6.45, 7) is 6.21. The summed E-state index contributed by atoms with van der Waals surface area (Å²) in [5, 5.41) is 9.42. The molecule has 0 spiro atoms. The van der Waals surface area contributed by atoms with Gasteiger partial charge in [-0.15, -0.1) is 0 Å². The summed E-state index contributed by atoms with van der Waals surface area (Å²) in [6.07, 6.45) is 7.42. The van der Waals surface area contributed by atoms with E-state index in [1.807, 2.05) is 0 Å². The van der Waals surface area contributed by atoms with Crippen LogP contribution in [0.2, 0.25) is 0 Å². The number of allylic oxidation sites excluding steroid dienone is 1. The first-order valence-electron chi connectivity index (χ1n) is 11.0. The molecule has 2 aromatic carbocycles. The van der Waals surface area contributed by atoms with E-state index < -0.39 is 11.6 Å². The first-order chi connectivity index (χ1) is 15.9. The molecular formula is C27H29F2NO3. The van der Waals surface area contributed by atoms with Gasteiger partial charge in [-0.1, -0.05) is 32.3 Å². The molecule has 0 bridgehead atoms. The number of benzene rings is 2. The molecule has 4 nitrogen and oxygen atoms in total. The van der Waals surface area contributed by atoms with E-state index in [-0.39, 0.29) is 17.1 Å². The number of esters is 1. The average molecular weight is 454 g/mol. The van der Waals surface area contributed by atoms with E-state index in [0.29, 0.717) is 30.1 Å². The van der Waals surface area contributed by atoms with Crippen LogP contribution in [0.1, 0.15) is 56.6 Å². The third-order valence-electron chi connectivity index (χ3n) is 4.94. The molecule has 0 aliphatic heterocycles. The van der Waals surface area contributed by atoms with Gasteiger partial charge in [0, 0.05) is 17.2 Å². The lowest BCUT2D eigenvalue weighted by Crippen LogP contribution is -2.06. The Morgan fingerprint density at radius 1 is 1.00 bits per heavy atom. The van der Waals surface area contributed by atoms with Crippen molar-refractivity contribution in [1.29, 1.82) is 5.26 Å². The van der Waals surface area contributed by atoms with Crippen LogP contribution >= 0.6 is 0 Å². The third kappa shape index (κ3) is 9.28. The molecule has 0 saturated heterocycles. The second-order valence-electron chi connectivity index (χ2n) is 7.75. The second kappa shape index (κ2) is 13.8. The van der Waals surface area contributed by atoms with Crippen LogP contribution in [0.25, 0.3) is 11.6 Å². The van der Waals surface area contributed by atoms with E-state index in [1.54, 1.807) is 31.2 Å². The van der Waals surface area contributed by atoms with Crippen molar-refractivity contribution in [3.8, 4) is 11.8 Å². The molecule has 0 heterocycles. The van der Waals surface area contributed by atoms with Gasteiger partial charge in [0.2, 0.25) is 0 Å². The maximum Gasteiger partial charge on any atom is 0.333 e. The molecule has 33 heavy (non-hydrogen) atoms. The van der Waals surface area contributed by atoms with Crippen molar-refractivity contribution in [2.75, 3.05) is 13.2 Å². The van der Waals surface area contributed by atoms with Crippen molar-refractivity contribution in [3.05, 3.63) is 77.4 Å². The Bertz CT molecular complexity index is 1010. The molecule has 0 aromatic heterocycles. The number of ether oxygens (including phenoxy) is 2. The van der Waals surface area contributed by atoms with Gasteiger partial charge in [-0.3, -0.25) is 0 Å². The summed E-state index contributed by atoms with van der Waals surface area (Å²) >= 11 is 0. The minimum absolute atomic E-state index is 0.154. The second-order valence-corrected chi connectivity index (χ2v) is 7.75. The molecule has 0 saturated carbocycles. The number of carbonyl (C=O) groups excluding carboxylic acids is 1. The van der Waals surface area contributed by atoms with Crippen LogP contribution < -0.4 is 4.74 Å². The number of nitriles is 1. The Hall–Kier alpha value is -3.46. The molecule has 0 amide bonds. The molecule has 0 aliphatic carbocycles. The summed E-state index contributed by atoms with van der Waals surface area (Å²) in [5.74, 6) is -1.01. The van der Waals surface area contributed by atoms with Crippen LogP contribution in [0.3, 0.4) is 0 Å². The quantitative estimate of drug-likeness (QED) is 0.109. The van der Waals surface area contributed by atoms with Crippen molar-refractivity contribution in [3.63, 3.8) is 0 Å². The fraction of sp³-hybridized carbons (Fsp3) is 0.333. The first-order valence-corrected chi connectivity index (χ1v) is 11.0. The zero-order chi connectivity index (χ0) is 24.1. The molecule has 0 fully saturated rings. The number of carbonyl (C=O) groups is 1. The minimum Gasteiger partial charge on any atom is -0.494 e. The fourth-order valence-electron chi connectivity index (χ4n) is 3.07. The number of hydrogen-bond donors (Lipinski definition) is 0. The highest BCUT2D eigenvalue weighted by atomic mass is 19.1. The Morgan fingerprint density at radius 2 is 1.64 bits per heavy atom. The topological polar surface area (TPSA) is 59.3 Å². The van der Waals surface area contributed by atoms with Crippen molar-refractivity contribution in [1.82, 2.24) is 0 Å². The SMILES string of the molecule is C=C(C)C(=O)OCCCCCCCCOc1ccc(/C(C#N)=C/c2ccc(F)cc2F)cc1. The van der Waals surface area contributed by atoms with Crippen LogP contribution in [0.15, 0.2) is 54.6 Å². The standard InChI is InChI=1S/C27H29F2NO3/c1-20(2)27(31)33-16-8-6-4-3-5-7-15-32-25-13-10-21(11-14-25)23(19-30)17-22-9-12-24(28)18-26(22)29/h9-14,17-18H,1,3-8,15-16H2,2H3/b23-17+. The predicted molar refractivity (Wildman–Crippen MR) is 125 cm³/mol. The van der Waals surface area contributed by atoms with E-state index in [9.17, 15) is 18.8 Å². The summed E-state index contributed by atoms with van der Waals surface area (Å²) in [6, 6.07) is 12.3. The number of unbranched alkanes of at least 4 members (excludes halogenated alkanes) is 5. The van der Waals surface area contributed by atoms with Crippen LogP contribution in [0, 0.1) is 23.0 Å². The molecule has 174 valence electrons. The molecule has 0 atom stereocenters. The van der Waals surface area contributed by atoms with Crippen LogP contribution in [-0.4, -0.2) is 19.2 Å². The lowest BCUT2D eigenvalue weighted by Gasteiger charge is -2.08.